The van der Waals surface area contributed by atoms with Crippen LogP contribution in [0.3, 0.4) is 0 Å². The smallest absolute Gasteiger partial charge is 0.267 e. The van der Waals surface area contributed by atoms with Crippen LogP contribution in [0.4, 0.5) is 11.6 Å². The van der Waals surface area contributed by atoms with E-state index in [2.05, 4.69) is 21.2 Å². The minimum Gasteiger partial charge on any atom is -0.325 e. The number of primary sulfonamides is 1. The lowest BCUT2D eigenvalue weighted by Gasteiger charge is -2.15. The van der Waals surface area contributed by atoms with Gasteiger partial charge >= 0.3 is 0 Å². The average molecular weight is 465 g/mol. The van der Waals surface area contributed by atoms with Gasteiger partial charge in [-0.3, -0.25) is 15.0 Å². The number of sulfonamides is 1. The summed E-state index contributed by atoms with van der Waals surface area (Å²) in [5, 5.41) is 8.16. The Morgan fingerprint density at radius 3 is 2.30 bits per heavy atom. The van der Waals surface area contributed by atoms with E-state index in [0.717, 1.165) is 0 Å². The Morgan fingerprint density at radius 2 is 1.61 bits per heavy atom. The van der Waals surface area contributed by atoms with Gasteiger partial charge in [0.05, 0.1) is 28.0 Å². The second kappa shape index (κ2) is 9.20. The van der Waals surface area contributed by atoms with Crippen molar-refractivity contribution in [3.8, 4) is 5.69 Å². The maximum Gasteiger partial charge on any atom is 0.267 e. The Hall–Kier alpha value is -4.06. The third-order valence-corrected chi connectivity index (χ3v) is 5.64. The highest BCUT2D eigenvalue weighted by Gasteiger charge is 2.13. The summed E-state index contributed by atoms with van der Waals surface area (Å²) in [7, 11) is -3.81. The van der Waals surface area contributed by atoms with E-state index < -0.39 is 15.9 Å². The summed E-state index contributed by atoms with van der Waals surface area (Å²) in [6, 6.07) is 21.5. The molecule has 0 unspecified atom stereocenters. The summed E-state index contributed by atoms with van der Waals surface area (Å²) < 4.78 is 24.1. The molecule has 0 saturated heterocycles. The predicted octanol–water partition coefficient (Wildman–Crippen LogP) is 1.59. The van der Waals surface area contributed by atoms with Gasteiger partial charge in [0.1, 0.15) is 0 Å². The minimum absolute atomic E-state index is 0.0541. The van der Waals surface area contributed by atoms with E-state index in [4.69, 9.17) is 5.14 Å². The van der Waals surface area contributed by atoms with Gasteiger partial charge in [0, 0.05) is 5.69 Å². The maximum absolute atomic E-state index is 13.1. The fourth-order valence-electron chi connectivity index (χ4n) is 3.17. The van der Waals surface area contributed by atoms with Crippen LogP contribution >= 0.6 is 0 Å². The number of carbonyl (C=O) groups excluding carboxylic acids is 1. The van der Waals surface area contributed by atoms with E-state index >= 15 is 0 Å². The van der Waals surface area contributed by atoms with Crippen molar-refractivity contribution < 1.29 is 13.2 Å². The largest absolute Gasteiger partial charge is 0.325 e. The zero-order valence-corrected chi connectivity index (χ0v) is 18.0. The van der Waals surface area contributed by atoms with E-state index in [1.165, 1.54) is 28.8 Å². The van der Waals surface area contributed by atoms with Crippen LogP contribution in [-0.4, -0.2) is 30.4 Å². The third kappa shape index (κ3) is 5.06. The highest BCUT2D eigenvalue weighted by atomic mass is 32.2. The average Bonchev–Trinajstić information content (AvgIpc) is 2.79. The number of hydrazine groups is 1. The van der Waals surface area contributed by atoms with Gasteiger partial charge in [0.2, 0.25) is 21.9 Å². The van der Waals surface area contributed by atoms with Gasteiger partial charge in [0.25, 0.3) is 5.56 Å². The van der Waals surface area contributed by atoms with E-state index in [0.29, 0.717) is 22.3 Å². The molecule has 1 heterocycles. The molecule has 1 amide bonds. The monoisotopic (exact) mass is 464 g/mol. The number of nitrogens with zero attached hydrogens (tertiary/aromatic N) is 2. The highest BCUT2D eigenvalue weighted by Crippen LogP contribution is 2.16. The lowest BCUT2D eigenvalue weighted by atomic mass is 10.2. The van der Waals surface area contributed by atoms with E-state index in [-0.39, 0.29) is 22.9 Å². The van der Waals surface area contributed by atoms with E-state index in [1.807, 2.05) is 18.2 Å². The number of rotatable bonds is 7. The molecule has 0 spiro atoms. The normalized spacial score (nSPS) is 11.3. The van der Waals surface area contributed by atoms with Crippen molar-refractivity contribution in [2.75, 3.05) is 17.3 Å². The van der Waals surface area contributed by atoms with Crippen LogP contribution < -0.4 is 26.9 Å². The molecule has 5 N–H and O–H groups in total. The summed E-state index contributed by atoms with van der Waals surface area (Å²) in [5.41, 5.74) is 6.87. The highest BCUT2D eigenvalue weighted by molar-refractivity contribution is 7.89. The van der Waals surface area contributed by atoms with Crippen molar-refractivity contribution in [1.82, 2.24) is 15.0 Å². The fourth-order valence-corrected chi connectivity index (χ4v) is 3.69. The molecule has 0 bridgehead atoms. The van der Waals surface area contributed by atoms with Gasteiger partial charge < -0.3 is 5.32 Å². The van der Waals surface area contributed by atoms with Crippen molar-refractivity contribution in [2.45, 2.75) is 4.90 Å². The Morgan fingerprint density at radius 1 is 0.939 bits per heavy atom. The third-order valence-electron chi connectivity index (χ3n) is 4.71. The Kier molecular flexibility index (Phi) is 6.18. The summed E-state index contributed by atoms with van der Waals surface area (Å²) in [4.78, 5) is 29.8. The number of amides is 1. The van der Waals surface area contributed by atoms with Crippen molar-refractivity contribution in [2.24, 2.45) is 5.14 Å². The van der Waals surface area contributed by atoms with Crippen molar-refractivity contribution >= 4 is 38.5 Å². The molecule has 0 aliphatic carbocycles. The van der Waals surface area contributed by atoms with Crippen LogP contribution in [0.5, 0.6) is 0 Å². The van der Waals surface area contributed by atoms with Gasteiger partial charge in [-0.2, -0.15) is 0 Å². The first-order valence-corrected chi connectivity index (χ1v) is 11.4. The molecule has 4 rings (SSSR count). The van der Waals surface area contributed by atoms with Crippen LogP contribution in [0, 0.1) is 0 Å². The number of fused-ring (bicyclic) bond motifs is 1. The number of carbonyl (C=O) groups is 1. The summed E-state index contributed by atoms with van der Waals surface area (Å²) in [6.45, 7) is -0.158. The molecule has 0 saturated carbocycles. The summed E-state index contributed by atoms with van der Waals surface area (Å²) >= 11 is 0. The number of para-hydroxylation sites is 2. The van der Waals surface area contributed by atoms with Gasteiger partial charge in [-0.1, -0.05) is 30.3 Å². The molecule has 0 atom stereocenters. The molecule has 4 aromatic rings. The zero-order valence-electron chi connectivity index (χ0n) is 17.2. The number of nitrogens with two attached hydrogens (primary N) is 1. The van der Waals surface area contributed by atoms with Gasteiger partial charge in [-0.15, -0.1) is 0 Å². The van der Waals surface area contributed by atoms with E-state index in [1.54, 1.807) is 36.4 Å². The van der Waals surface area contributed by atoms with Crippen LogP contribution in [0.2, 0.25) is 0 Å². The summed E-state index contributed by atoms with van der Waals surface area (Å²) in [5.74, 6) is -0.185. The predicted molar refractivity (Wildman–Crippen MR) is 125 cm³/mol. The Labute approximate surface area is 189 Å². The SMILES string of the molecule is NS(=O)(=O)c1ccc(NC(=O)CNNc2nc3ccccc3c(=O)n2-c2ccccc2)cc1. The zero-order chi connectivity index (χ0) is 23.4. The van der Waals surface area contributed by atoms with Gasteiger partial charge in [0.15, 0.2) is 0 Å². The molecule has 33 heavy (non-hydrogen) atoms. The van der Waals surface area contributed by atoms with Crippen LogP contribution in [0.25, 0.3) is 16.6 Å². The number of benzene rings is 3. The first kappa shape index (κ1) is 22.1. The number of hydrogen-bond acceptors (Lipinski definition) is 7. The quantitative estimate of drug-likeness (QED) is 0.304. The fraction of sp³-hybridized carbons (Fsp3) is 0.0455. The Bertz CT molecular complexity index is 1470. The molecular weight excluding hydrogens is 444 g/mol. The van der Waals surface area contributed by atoms with Crippen LogP contribution in [-0.2, 0) is 14.8 Å². The topological polar surface area (TPSA) is 148 Å². The molecule has 3 aromatic carbocycles. The second-order valence-electron chi connectivity index (χ2n) is 7.02. The molecule has 168 valence electrons. The molecule has 1 aromatic heterocycles. The number of nitrogens with one attached hydrogen (secondary N) is 3. The molecule has 0 aliphatic heterocycles. The molecule has 0 fully saturated rings. The number of aromatic nitrogens is 2. The summed E-state index contributed by atoms with van der Waals surface area (Å²) in [6.07, 6.45) is 0. The molecule has 10 nitrogen and oxygen atoms in total. The molecule has 11 heteroatoms. The molecule has 0 radical (unpaired) electrons. The molecular formula is C22H20N6O4S. The lowest BCUT2D eigenvalue weighted by Crippen LogP contribution is -2.35. The van der Waals surface area contributed by atoms with Gasteiger partial charge in [-0.05, 0) is 48.5 Å². The minimum atomic E-state index is -3.81. The Balaban J connectivity index is 1.50. The van der Waals surface area contributed by atoms with Crippen molar-refractivity contribution in [1.29, 1.82) is 0 Å². The van der Waals surface area contributed by atoms with Gasteiger partial charge in [-0.25, -0.2) is 28.5 Å². The van der Waals surface area contributed by atoms with Crippen LogP contribution in [0.15, 0.2) is 88.6 Å². The number of anilines is 2. The second-order valence-corrected chi connectivity index (χ2v) is 8.59. The maximum atomic E-state index is 13.1. The van der Waals surface area contributed by atoms with Crippen molar-refractivity contribution in [3.63, 3.8) is 0 Å². The standard InChI is InChI=1S/C22H20N6O4S/c23-33(31,32)17-12-10-15(11-13-17)25-20(29)14-24-27-22-26-19-9-5-4-8-18(19)21(30)28(22)16-6-2-1-3-7-16/h1-13,24H,14H2,(H,25,29)(H,26,27)(H2,23,31,32). The first-order chi connectivity index (χ1) is 15.8. The lowest BCUT2D eigenvalue weighted by molar-refractivity contribution is -0.115. The van der Waals surface area contributed by atoms with Crippen LogP contribution in [0.1, 0.15) is 0 Å². The number of hydrogen-bond donors (Lipinski definition) is 4. The molecule has 0 aliphatic rings. The van der Waals surface area contributed by atoms with E-state index in [9.17, 15) is 18.0 Å². The van der Waals surface area contributed by atoms with Crippen molar-refractivity contribution in [3.05, 3.63) is 89.2 Å². The first-order valence-electron chi connectivity index (χ1n) is 9.82.